The van der Waals surface area contributed by atoms with Crippen LogP contribution in [0.2, 0.25) is 0 Å². The Morgan fingerprint density at radius 3 is 3.00 bits per heavy atom. The molecule has 1 unspecified atom stereocenters. The molecule has 0 amide bonds. The first-order valence-corrected chi connectivity index (χ1v) is 4.14. The van der Waals surface area contributed by atoms with Gasteiger partial charge in [-0.25, -0.2) is 0 Å². The Bertz CT molecular complexity index is 184. The fourth-order valence-electron chi connectivity index (χ4n) is 0.902. The van der Waals surface area contributed by atoms with E-state index in [0.29, 0.717) is 12.3 Å². The highest BCUT2D eigenvalue weighted by molar-refractivity contribution is 6.17. The van der Waals surface area contributed by atoms with Crippen LogP contribution in [0.1, 0.15) is 24.5 Å². The van der Waals surface area contributed by atoms with Crippen LogP contribution in [-0.4, -0.2) is 11.0 Å². The molecule has 3 heteroatoms. The molecule has 0 spiro atoms. The number of hydrogen-bond donors (Lipinski definition) is 1. The lowest BCUT2D eigenvalue weighted by atomic mass is 10.1. The van der Waals surface area contributed by atoms with E-state index < -0.39 is 6.10 Å². The summed E-state index contributed by atoms with van der Waals surface area (Å²) in [7, 11) is 0. The maximum Gasteiger partial charge on any atom is 0.0960 e. The summed E-state index contributed by atoms with van der Waals surface area (Å²) in [4.78, 5) is 0. The van der Waals surface area contributed by atoms with Crippen molar-refractivity contribution in [3.05, 3.63) is 24.2 Å². The van der Waals surface area contributed by atoms with Crippen molar-refractivity contribution in [3.63, 3.8) is 0 Å². The Morgan fingerprint density at radius 1 is 1.64 bits per heavy atom. The van der Waals surface area contributed by atoms with Gasteiger partial charge < -0.3 is 9.52 Å². The SMILES string of the molecule is OC(CCCCl)c1ccoc1. The second-order valence-corrected chi connectivity index (χ2v) is 2.78. The Hall–Kier alpha value is -0.470. The first-order valence-electron chi connectivity index (χ1n) is 3.60. The minimum Gasteiger partial charge on any atom is -0.472 e. The number of halogens is 1. The van der Waals surface area contributed by atoms with Crippen molar-refractivity contribution >= 4 is 11.6 Å². The normalized spacial score (nSPS) is 13.3. The highest BCUT2D eigenvalue weighted by Crippen LogP contribution is 2.18. The molecule has 1 heterocycles. The van der Waals surface area contributed by atoms with Crippen LogP contribution >= 0.6 is 11.6 Å². The van der Waals surface area contributed by atoms with Crippen molar-refractivity contribution in [2.75, 3.05) is 5.88 Å². The van der Waals surface area contributed by atoms with E-state index in [-0.39, 0.29) is 0 Å². The van der Waals surface area contributed by atoms with Crippen LogP contribution in [0.25, 0.3) is 0 Å². The molecule has 1 N–H and O–H groups in total. The van der Waals surface area contributed by atoms with E-state index in [4.69, 9.17) is 16.0 Å². The van der Waals surface area contributed by atoms with Gasteiger partial charge in [0.15, 0.2) is 0 Å². The van der Waals surface area contributed by atoms with E-state index in [9.17, 15) is 5.11 Å². The number of alkyl halides is 1. The maximum atomic E-state index is 9.42. The van der Waals surface area contributed by atoms with Crippen LogP contribution in [0, 0.1) is 0 Å². The molecule has 0 aromatic carbocycles. The molecule has 0 fully saturated rings. The van der Waals surface area contributed by atoms with Gasteiger partial charge in [-0.1, -0.05) is 0 Å². The topological polar surface area (TPSA) is 33.4 Å². The molecule has 62 valence electrons. The molecule has 0 aliphatic heterocycles. The van der Waals surface area contributed by atoms with Crippen molar-refractivity contribution in [3.8, 4) is 0 Å². The zero-order valence-corrected chi connectivity index (χ0v) is 6.92. The molecule has 11 heavy (non-hydrogen) atoms. The van der Waals surface area contributed by atoms with Gasteiger partial charge in [-0.3, -0.25) is 0 Å². The summed E-state index contributed by atoms with van der Waals surface area (Å²) in [6.07, 6.45) is 4.21. The maximum absolute atomic E-state index is 9.42. The van der Waals surface area contributed by atoms with Crippen molar-refractivity contribution in [1.29, 1.82) is 0 Å². The first-order chi connectivity index (χ1) is 5.34. The van der Waals surface area contributed by atoms with Crippen LogP contribution in [-0.2, 0) is 0 Å². The van der Waals surface area contributed by atoms with Gasteiger partial charge in [0.05, 0.1) is 18.6 Å². The van der Waals surface area contributed by atoms with Crippen LogP contribution in [0.4, 0.5) is 0 Å². The molecule has 0 radical (unpaired) electrons. The van der Waals surface area contributed by atoms with Crippen molar-refractivity contribution in [2.45, 2.75) is 18.9 Å². The predicted molar refractivity (Wildman–Crippen MR) is 43.6 cm³/mol. The van der Waals surface area contributed by atoms with E-state index in [1.165, 1.54) is 0 Å². The van der Waals surface area contributed by atoms with Gasteiger partial charge in [-0.05, 0) is 18.9 Å². The van der Waals surface area contributed by atoms with Gasteiger partial charge in [-0.2, -0.15) is 0 Å². The Labute approximate surface area is 70.8 Å². The lowest BCUT2D eigenvalue weighted by Gasteiger charge is -2.04. The van der Waals surface area contributed by atoms with E-state index in [1.807, 2.05) is 0 Å². The minimum atomic E-state index is -0.424. The molecular formula is C8H11ClO2. The zero-order valence-electron chi connectivity index (χ0n) is 6.16. The number of hydrogen-bond acceptors (Lipinski definition) is 2. The Morgan fingerprint density at radius 2 is 2.45 bits per heavy atom. The number of aliphatic hydroxyl groups excluding tert-OH is 1. The number of furan rings is 1. The molecular weight excluding hydrogens is 164 g/mol. The van der Waals surface area contributed by atoms with Crippen LogP contribution in [0.5, 0.6) is 0 Å². The monoisotopic (exact) mass is 174 g/mol. The fourth-order valence-corrected chi connectivity index (χ4v) is 1.06. The summed E-state index contributed by atoms with van der Waals surface area (Å²) in [5.41, 5.74) is 0.829. The summed E-state index contributed by atoms with van der Waals surface area (Å²) in [5.74, 6) is 0.592. The fraction of sp³-hybridized carbons (Fsp3) is 0.500. The third-order valence-corrected chi connectivity index (χ3v) is 1.81. The average Bonchev–Trinajstić information content (AvgIpc) is 2.52. The van der Waals surface area contributed by atoms with Crippen LogP contribution in [0.15, 0.2) is 23.0 Å². The summed E-state index contributed by atoms with van der Waals surface area (Å²) >= 11 is 5.47. The van der Waals surface area contributed by atoms with Crippen molar-refractivity contribution in [2.24, 2.45) is 0 Å². The third kappa shape index (κ3) is 2.56. The molecule has 1 atom stereocenters. The van der Waals surface area contributed by atoms with E-state index in [2.05, 4.69) is 0 Å². The number of aliphatic hydroxyl groups is 1. The first kappa shape index (κ1) is 8.62. The summed E-state index contributed by atoms with van der Waals surface area (Å²) in [5, 5.41) is 9.42. The second-order valence-electron chi connectivity index (χ2n) is 2.40. The highest BCUT2D eigenvalue weighted by atomic mass is 35.5. The Balaban J connectivity index is 2.36. The van der Waals surface area contributed by atoms with Gasteiger partial charge >= 0.3 is 0 Å². The lowest BCUT2D eigenvalue weighted by Crippen LogP contribution is -1.95. The standard InChI is InChI=1S/C8H11ClO2/c9-4-1-2-8(10)7-3-5-11-6-7/h3,5-6,8,10H,1-2,4H2. The molecule has 0 aliphatic rings. The van der Waals surface area contributed by atoms with Gasteiger partial charge in [0, 0.05) is 11.4 Å². The smallest absolute Gasteiger partial charge is 0.0960 e. The van der Waals surface area contributed by atoms with Gasteiger partial charge in [0.1, 0.15) is 0 Å². The average molecular weight is 175 g/mol. The second kappa shape index (κ2) is 4.42. The largest absolute Gasteiger partial charge is 0.472 e. The van der Waals surface area contributed by atoms with Crippen LogP contribution in [0.3, 0.4) is 0 Å². The number of rotatable bonds is 4. The predicted octanol–water partition coefficient (Wildman–Crippen LogP) is 2.33. The zero-order chi connectivity index (χ0) is 8.10. The van der Waals surface area contributed by atoms with E-state index >= 15 is 0 Å². The molecule has 0 saturated carbocycles. The van der Waals surface area contributed by atoms with Gasteiger partial charge in [0.2, 0.25) is 0 Å². The molecule has 0 bridgehead atoms. The molecule has 0 saturated heterocycles. The van der Waals surface area contributed by atoms with Gasteiger partial charge in [-0.15, -0.1) is 11.6 Å². The molecule has 0 aliphatic carbocycles. The molecule has 2 nitrogen and oxygen atoms in total. The minimum absolute atomic E-state index is 0.424. The van der Waals surface area contributed by atoms with Crippen molar-refractivity contribution < 1.29 is 9.52 Å². The molecule has 1 rings (SSSR count). The van der Waals surface area contributed by atoms with E-state index in [1.54, 1.807) is 18.6 Å². The van der Waals surface area contributed by atoms with Crippen LogP contribution < -0.4 is 0 Å². The van der Waals surface area contributed by atoms with E-state index in [0.717, 1.165) is 12.0 Å². The summed E-state index contributed by atoms with van der Waals surface area (Å²) in [6, 6.07) is 1.76. The third-order valence-electron chi connectivity index (χ3n) is 1.54. The highest BCUT2D eigenvalue weighted by Gasteiger charge is 2.06. The lowest BCUT2D eigenvalue weighted by molar-refractivity contribution is 0.166. The summed E-state index contributed by atoms with van der Waals surface area (Å²) in [6.45, 7) is 0. The van der Waals surface area contributed by atoms with Gasteiger partial charge in [0.25, 0.3) is 0 Å². The molecule has 1 aromatic heterocycles. The Kier molecular flexibility index (Phi) is 3.46. The quantitative estimate of drug-likeness (QED) is 0.711. The molecule has 1 aromatic rings. The summed E-state index contributed by atoms with van der Waals surface area (Å²) < 4.78 is 4.82. The van der Waals surface area contributed by atoms with Crippen molar-refractivity contribution in [1.82, 2.24) is 0 Å².